The summed E-state index contributed by atoms with van der Waals surface area (Å²) in [6.07, 6.45) is 2.34. The second-order valence-electron chi connectivity index (χ2n) is 6.50. The molecule has 1 atom stereocenters. The number of hydrogen-bond acceptors (Lipinski definition) is 4. The number of rotatable bonds is 1. The molecule has 6 nitrogen and oxygen atoms in total. The third-order valence-corrected chi connectivity index (χ3v) is 5.38. The minimum Gasteiger partial charge on any atom is -0.368 e. The van der Waals surface area contributed by atoms with E-state index in [1.54, 1.807) is 6.20 Å². The fraction of sp³-hybridized carbons (Fsp3) is 0.353. The highest BCUT2D eigenvalue weighted by Crippen LogP contribution is 2.35. The standard InChI is InChI=1S/C17H17ClN4O2/c1-10-7-11-13(8-12(10)18)19-5-3-14(11)22-6-4-17(9-22)15(23)21(2)16(24)20-17/h3,5,7-8H,4,6,9H2,1-2H3,(H,20,24)/t17-/m0/s1. The minimum absolute atomic E-state index is 0.160. The summed E-state index contributed by atoms with van der Waals surface area (Å²) < 4.78 is 0. The fourth-order valence-electron chi connectivity index (χ4n) is 3.58. The van der Waals surface area contributed by atoms with Crippen molar-refractivity contribution in [1.82, 2.24) is 15.2 Å². The van der Waals surface area contributed by atoms with Crippen molar-refractivity contribution < 1.29 is 9.59 Å². The van der Waals surface area contributed by atoms with E-state index in [2.05, 4.69) is 15.2 Å². The van der Waals surface area contributed by atoms with Gasteiger partial charge in [0.05, 0.1) is 12.1 Å². The quantitative estimate of drug-likeness (QED) is 0.806. The topological polar surface area (TPSA) is 65.5 Å². The SMILES string of the molecule is Cc1cc2c(N3CC[C@@]4(C3)NC(=O)N(C)C4=O)ccnc2cc1Cl. The molecular weight excluding hydrogens is 328 g/mol. The zero-order valence-electron chi connectivity index (χ0n) is 13.5. The summed E-state index contributed by atoms with van der Waals surface area (Å²) in [5.74, 6) is -0.160. The molecule has 124 valence electrons. The Balaban J connectivity index is 1.74. The van der Waals surface area contributed by atoms with Crippen molar-refractivity contribution in [2.45, 2.75) is 18.9 Å². The Morgan fingerprint density at radius 2 is 2.12 bits per heavy atom. The van der Waals surface area contributed by atoms with Crippen LogP contribution in [0.2, 0.25) is 5.02 Å². The molecule has 1 aromatic carbocycles. The van der Waals surface area contributed by atoms with Crippen molar-refractivity contribution in [2.24, 2.45) is 0 Å². The summed E-state index contributed by atoms with van der Waals surface area (Å²) in [5, 5.41) is 4.54. The number of benzene rings is 1. The maximum Gasteiger partial charge on any atom is 0.324 e. The van der Waals surface area contributed by atoms with Gasteiger partial charge >= 0.3 is 6.03 Å². The Bertz CT molecular complexity index is 884. The number of anilines is 1. The van der Waals surface area contributed by atoms with Crippen LogP contribution in [0.5, 0.6) is 0 Å². The van der Waals surface area contributed by atoms with Gasteiger partial charge in [-0.2, -0.15) is 0 Å². The third kappa shape index (κ3) is 2.06. The van der Waals surface area contributed by atoms with E-state index < -0.39 is 5.54 Å². The Labute approximate surface area is 144 Å². The molecule has 3 amide bonds. The Kier molecular flexibility index (Phi) is 3.22. The average Bonchev–Trinajstić information content (AvgIpc) is 3.06. The maximum absolute atomic E-state index is 12.5. The van der Waals surface area contributed by atoms with Gasteiger partial charge in [-0.3, -0.25) is 14.7 Å². The molecule has 3 heterocycles. The second-order valence-corrected chi connectivity index (χ2v) is 6.90. The number of hydrogen-bond donors (Lipinski definition) is 1. The predicted molar refractivity (Wildman–Crippen MR) is 92.4 cm³/mol. The summed E-state index contributed by atoms with van der Waals surface area (Å²) in [7, 11) is 1.52. The highest BCUT2D eigenvalue weighted by Gasteiger charge is 2.53. The molecule has 0 unspecified atom stereocenters. The molecule has 24 heavy (non-hydrogen) atoms. The molecule has 4 rings (SSSR count). The first kappa shape index (κ1) is 15.2. The number of fused-ring (bicyclic) bond motifs is 1. The van der Waals surface area contributed by atoms with Crippen LogP contribution in [0.4, 0.5) is 10.5 Å². The second kappa shape index (κ2) is 5.08. The number of amides is 3. The van der Waals surface area contributed by atoms with Gasteiger partial charge in [-0.25, -0.2) is 4.79 Å². The zero-order chi connectivity index (χ0) is 17.1. The van der Waals surface area contributed by atoms with Gasteiger partial charge in [0.1, 0.15) is 5.54 Å². The van der Waals surface area contributed by atoms with Gasteiger partial charge in [-0.05, 0) is 37.1 Å². The molecule has 2 saturated heterocycles. The van der Waals surface area contributed by atoms with E-state index >= 15 is 0 Å². The molecule has 2 aromatic rings. The normalized spacial score (nSPS) is 23.6. The molecule has 0 radical (unpaired) electrons. The Morgan fingerprint density at radius 3 is 2.83 bits per heavy atom. The van der Waals surface area contributed by atoms with E-state index in [-0.39, 0.29) is 11.9 Å². The lowest BCUT2D eigenvalue weighted by Gasteiger charge is -2.24. The van der Waals surface area contributed by atoms with Gasteiger partial charge in [0, 0.05) is 35.9 Å². The monoisotopic (exact) mass is 344 g/mol. The van der Waals surface area contributed by atoms with E-state index in [4.69, 9.17) is 11.6 Å². The predicted octanol–water partition coefficient (Wildman–Crippen LogP) is 2.33. The van der Waals surface area contributed by atoms with Gasteiger partial charge < -0.3 is 10.2 Å². The number of aromatic nitrogens is 1. The number of likely N-dealkylation sites (N-methyl/N-ethyl adjacent to an activating group) is 1. The van der Waals surface area contributed by atoms with Crippen LogP contribution in [0, 0.1) is 6.92 Å². The highest BCUT2D eigenvalue weighted by atomic mass is 35.5. The molecule has 1 aromatic heterocycles. The number of carbonyl (C=O) groups is 2. The van der Waals surface area contributed by atoms with E-state index in [1.165, 1.54) is 7.05 Å². The number of nitrogens with one attached hydrogen (secondary N) is 1. The van der Waals surface area contributed by atoms with Crippen molar-refractivity contribution in [3.63, 3.8) is 0 Å². The van der Waals surface area contributed by atoms with Crippen LogP contribution >= 0.6 is 11.6 Å². The van der Waals surface area contributed by atoms with Gasteiger partial charge in [-0.1, -0.05) is 11.6 Å². The van der Waals surface area contributed by atoms with Crippen LogP contribution in [0.1, 0.15) is 12.0 Å². The van der Waals surface area contributed by atoms with E-state index in [0.717, 1.165) is 27.1 Å². The molecule has 0 saturated carbocycles. The van der Waals surface area contributed by atoms with E-state index in [1.807, 2.05) is 25.1 Å². The van der Waals surface area contributed by atoms with Crippen LogP contribution in [-0.4, -0.2) is 47.5 Å². The molecule has 0 aliphatic carbocycles. The molecule has 2 aliphatic heterocycles. The number of pyridine rings is 1. The van der Waals surface area contributed by atoms with Crippen LogP contribution < -0.4 is 10.2 Å². The maximum atomic E-state index is 12.5. The van der Waals surface area contributed by atoms with Crippen LogP contribution in [0.25, 0.3) is 10.9 Å². The van der Waals surface area contributed by atoms with Crippen LogP contribution in [0.15, 0.2) is 24.4 Å². The largest absolute Gasteiger partial charge is 0.368 e. The molecule has 1 N–H and O–H groups in total. The van der Waals surface area contributed by atoms with Crippen molar-refractivity contribution >= 4 is 40.1 Å². The fourth-order valence-corrected chi connectivity index (χ4v) is 3.74. The first-order valence-corrected chi connectivity index (χ1v) is 8.19. The highest BCUT2D eigenvalue weighted by molar-refractivity contribution is 6.32. The van der Waals surface area contributed by atoms with Gasteiger partial charge in [0.15, 0.2) is 0 Å². The molecule has 0 bridgehead atoms. The van der Waals surface area contributed by atoms with Crippen LogP contribution in [-0.2, 0) is 4.79 Å². The summed E-state index contributed by atoms with van der Waals surface area (Å²) >= 11 is 6.20. The van der Waals surface area contributed by atoms with E-state index in [0.29, 0.717) is 24.5 Å². The molecule has 2 aliphatic rings. The summed E-state index contributed by atoms with van der Waals surface area (Å²) in [6.45, 7) is 3.11. The number of halogens is 1. The lowest BCUT2D eigenvalue weighted by molar-refractivity contribution is -0.129. The van der Waals surface area contributed by atoms with Crippen molar-refractivity contribution in [3.05, 3.63) is 35.0 Å². The van der Waals surface area contributed by atoms with Crippen molar-refractivity contribution in [3.8, 4) is 0 Å². The van der Waals surface area contributed by atoms with Crippen LogP contribution in [0.3, 0.4) is 0 Å². The lowest BCUT2D eigenvalue weighted by Crippen LogP contribution is -2.49. The molecule has 2 fully saturated rings. The number of urea groups is 1. The molecule has 7 heteroatoms. The van der Waals surface area contributed by atoms with Crippen molar-refractivity contribution in [2.75, 3.05) is 25.0 Å². The smallest absolute Gasteiger partial charge is 0.324 e. The number of aryl methyl sites for hydroxylation is 1. The number of imide groups is 1. The Morgan fingerprint density at radius 1 is 1.33 bits per heavy atom. The molecule has 1 spiro atoms. The van der Waals surface area contributed by atoms with Gasteiger partial charge in [-0.15, -0.1) is 0 Å². The van der Waals surface area contributed by atoms with Crippen molar-refractivity contribution in [1.29, 1.82) is 0 Å². The third-order valence-electron chi connectivity index (χ3n) is 4.97. The average molecular weight is 345 g/mol. The molecular formula is C17H17ClN4O2. The minimum atomic E-state index is -0.817. The first-order chi connectivity index (χ1) is 11.4. The van der Waals surface area contributed by atoms with Gasteiger partial charge in [0.2, 0.25) is 0 Å². The van der Waals surface area contributed by atoms with E-state index in [9.17, 15) is 9.59 Å². The summed E-state index contributed by atoms with van der Waals surface area (Å²) in [4.78, 5) is 32.0. The number of carbonyl (C=O) groups excluding carboxylic acids is 2. The zero-order valence-corrected chi connectivity index (χ0v) is 14.2. The van der Waals surface area contributed by atoms with Gasteiger partial charge in [0.25, 0.3) is 5.91 Å². The lowest BCUT2D eigenvalue weighted by atomic mass is 9.99. The summed E-state index contributed by atoms with van der Waals surface area (Å²) in [5.41, 5.74) is 2.00. The number of nitrogens with zero attached hydrogens (tertiary/aromatic N) is 3. The Hall–Kier alpha value is -2.34. The summed E-state index contributed by atoms with van der Waals surface area (Å²) in [6, 6.07) is 5.49. The first-order valence-electron chi connectivity index (χ1n) is 7.81.